The summed E-state index contributed by atoms with van der Waals surface area (Å²) in [5, 5.41) is 2.68. The number of rotatable bonds is 5. The number of piperidine rings is 1. The highest BCUT2D eigenvalue weighted by Crippen LogP contribution is 2.29. The minimum atomic E-state index is 0.124. The molecule has 0 bridgehead atoms. The van der Waals surface area contributed by atoms with Gasteiger partial charge < -0.3 is 9.64 Å². The molecule has 1 aliphatic rings. The Kier molecular flexibility index (Phi) is 5.33. The molecule has 1 saturated heterocycles. The van der Waals surface area contributed by atoms with E-state index < -0.39 is 0 Å². The van der Waals surface area contributed by atoms with E-state index in [9.17, 15) is 4.79 Å². The summed E-state index contributed by atoms with van der Waals surface area (Å²) in [6.45, 7) is 2.74. The van der Waals surface area contributed by atoms with Crippen molar-refractivity contribution in [3.63, 3.8) is 0 Å². The van der Waals surface area contributed by atoms with Crippen molar-refractivity contribution >= 4 is 28.6 Å². The van der Waals surface area contributed by atoms with Crippen molar-refractivity contribution < 1.29 is 9.53 Å². The summed E-state index contributed by atoms with van der Waals surface area (Å²) in [5.74, 6) is 0.124. The van der Waals surface area contributed by atoms with Gasteiger partial charge in [0.1, 0.15) is 4.88 Å². The van der Waals surface area contributed by atoms with Gasteiger partial charge in [0.25, 0.3) is 11.1 Å². The van der Waals surface area contributed by atoms with Crippen LogP contribution in [-0.4, -0.2) is 35.5 Å². The predicted octanol–water partition coefficient (Wildman–Crippen LogP) is 4.15. The maximum absolute atomic E-state index is 13.0. The van der Waals surface area contributed by atoms with E-state index in [0.717, 1.165) is 42.8 Å². The average Bonchev–Trinajstić information content (AvgIpc) is 3.22. The van der Waals surface area contributed by atoms with Crippen LogP contribution < -0.4 is 4.74 Å². The first kappa shape index (κ1) is 16.5. The molecule has 1 fully saturated rings. The highest BCUT2D eigenvalue weighted by Gasteiger charge is 2.29. The van der Waals surface area contributed by atoms with E-state index in [-0.39, 0.29) is 5.91 Å². The summed E-state index contributed by atoms with van der Waals surface area (Å²) < 4.78 is 5.17. The van der Waals surface area contributed by atoms with Gasteiger partial charge in [-0.2, -0.15) is 0 Å². The SMILES string of the molecule is COc1nc(C)c(C(=O)N2CCCCC2CCc2cccs2)s1. The Balaban J connectivity index is 1.72. The molecule has 0 radical (unpaired) electrons. The summed E-state index contributed by atoms with van der Waals surface area (Å²) >= 11 is 3.15. The number of aromatic nitrogens is 1. The fourth-order valence-corrected chi connectivity index (χ4v) is 4.68. The number of carbonyl (C=O) groups excluding carboxylic acids is 1. The number of ether oxygens (including phenoxy) is 1. The second-order valence-electron chi connectivity index (χ2n) is 5.86. The van der Waals surface area contributed by atoms with E-state index in [1.807, 2.05) is 6.92 Å². The lowest BCUT2D eigenvalue weighted by Gasteiger charge is -2.35. The van der Waals surface area contributed by atoms with E-state index in [1.165, 1.54) is 22.6 Å². The van der Waals surface area contributed by atoms with E-state index >= 15 is 0 Å². The van der Waals surface area contributed by atoms with E-state index in [1.54, 1.807) is 18.4 Å². The predicted molar refractivity (Wildman–Crippen MR) is 94.7 cm³/mol. The molecule has 3 rings (SSSR count). The standard InChI is InChI=1S/C17H22N2O2S2/c1-12-15(23-17(18-12)21-2)16(20)19-10-4-3-6-13(19)8-9-14-7-5-11-22-14/h5,7,11,13H,3-4,6,8-10H2,1-2H3. The molecule has 0 N–H and O–H groups in total. The maximum Gasteiger partial charge on any atom is 0.273 e. The van der Waals surface area contributed by atoms with Gasteiger partial charge in [-0.25, -0.2) is 4.98 Å². The lowest BCUT2D eigenvalue weighted by molar-refractivity contribution is 0.0606. The zero-order valence-electron chi connectivity index (χ0n) is 13.6. The van der Waals surface area contributed by atoms with Crippen LogP contribution >= 0.6 is 22.7 Å². The third-order valence-electron chi connectivity index (χ3n) is 4.34. The molecule has 4 nitrogen and oxygen atoms in total. The van der Waals surface area contributed by atoms with Crippen molar-refractivity contribution in [3.05, 3.63) is 33.0 Å². The highest BCUT2D eigenvalue weighted by atomic mass is 32.1. The van der Waals surface area contributed by atoms with E-state index in [4.69, 9.17) is 4.74 Å². The number of methoxy groups -OCH3 is 1. The van der Waals surface area contributed by atoms with Gasteiger partial charge in [0.15, 0.2) is 0 Å². The van der Waals surface area contributed by atoms with Crippen molar-refractivity contribution in [2.75, 3.05) is 13.7 Å². The lowest BCUT2D eigenvalue weighted by Crippen LogP contribution is -2.43. The van der Waals surface area contributed by atoms with Crippen molar-refractivity contribution in [3.8, 4) is 5.19 Å². The van der Waals surface area contributed by atoms with Crippen molar-refractivity contribution in [2.45, 2.75) is 45.1 Å². The Bertz CT molecular complexity index is 652. The molecule has 1 unspecified atom stereocenters. The molecule has 1 aliphatic heterocycles. The van der Waals surface area contributed by atoms with Crippen LogP contribution in [0.4, 0.5) is 0 Å². The van der Waals surface area contributed by atoms with Crippen LogP contribution in [0.3, 0.4) is 0 Å². The largest absolute Gasteiger partial charge is 0.473 e. The van der Waals surface area contributed by atoms with E-state index in [2.05, 4.69) is 27.4 Å². The van der Waals surface area contributed by atoms with Gasteiger partial charge in [0.05, 0.1) is 12.8 Å². The first-order valence-corrected chi connectivity index (χ1v) is 9.73. The van der Waals surface area contributed by atoms with Crippen molar-refractivity contribution in [2.24, 2.45) is 0 Å². The molecule has 0 aliphatic carbocycles. The molecule has 124 valence electrons. The lowest BCUT2D eigenvalue weighted by atomic mass is 9.97. The van der Waals surface area contributed by atoms with Gasteiger partial charge in [-0.1, -0.05) is 17.4 Å². The molecular weight excluding hydrogens is 328 g/mol. The molecule has 1 amide bonds. The Morgan fingerprint density at radius 1 is 1.48 bits per heavy atom. The fourth-order valence-electron chi connectivity index (χ4n) is 3.12. The quantitative estimate of drug-likeness (QED) is 0.813. The zero-order valence-corrected chi connectivity index (χ0v) is 15.2. The summed E-state index contributed by atoms with van der Waals surface area (Å²) in [6.07, 6.45) is 5.50. The minimum absolute atomic E-state index is 0.124. The molecule has 1 atom stereocenters. The van der Waals surface area contributed by atoms with Crippen molar-refractivity contribution in [1.82, 2.24) is 9.88 Å². The summed E-state index contributed by atoms with van der Waals surface area (Å²) in [6, 6.07) is 4.61. The van der Waals surface area contributed by atoms with Gasteiger partial charge in [0, 0.05) is 17.5 Å². The number of hydrogen-bond acceptors (Lipinski definition) is 5. The smallest absolute Gasteiger partial charge is 0.273 e. The van der Waals surface area contributed by atoms with Gasteiger partial charge in [-0.15, -0.1) is 11.3 Å². The molecule has 0 aromatic carbocycles. The van der Waals surface area contributed by atoms with Crippen LogP contribution in [0, 0.1) is 6.92 Å². The normalized spacial score (nSPS) is 18.2. The molecule has 3 heterocycles. The van der Waals surface area contributed by atoms with Gasteiger partial charge in [0.2, 0.25) is 0 Å². The number of thiazole rings is 1. The molecule has 0 saturated carbocycles. The summed E-state index contributed by atoms with van der Waals surface area (Å²) in [4.78, 5) is 21.5. The first-order valence-electron chi connectivity index (χ1n) is 8.04. The number of hydrogen-bond donors (Lipinski definition) is 0. The van der Waals surface area contributed by atoms with Crippen LogP contribution in [0.25, 0.3) is 0 Å². The number of aryl methyl sites for hydroxylation is 2. The fraction of sp³-hybridized carbons (Fsp3) is 0.529. The van der Waals surface area contributed by atoms with Crippen LogP contribution in [0.5, 0.6) is 5.19 Å². The Labute approximate surface area is 145 Å². The molecular formula is C17H22N2O2S2. The topological polar surface area (TPSA) is 42.4 Å². The van der Waals surface area contributed by atoms with Gasteiger partial charge in [-0.05, 0) is 50.5 Å². The zero-order chi connectivity index (χ0) is 16.2. The monoisotopic (exact) mass is 350 g/mol. The number of thiophene rings is 1. The van der Waals surface area contributed by atoms with Gasteiger partial charge in [-0.3, -0.25) is 4.79 Å². The Hall–Kier alpha value is -1.40. The maximum atomic E-state index is 13.0. The average molecular weight is 351 g/mol. The molecule has 6 heteroatoms. The number of likely N-dealkylation sites (tertiary alicyclic amines) is 1. The van der Waals surface area contributed by atoms with Crippen LogP contribution in [-0.2, 0) is 6.42 Å². The molecule has 2 aromatic rings. The Morgan fingerprint density at radius 3 is 3.04 bits per heavy atom. The minimum Gasteiger partial charge on any atom is -0.473 e. The van der Waals surface area contributed by atoms with Gasteiger partial charge >= 0.3 is 0 Å². The van der Waals surface area contributed by atoms with Crippen molar-refractivity contribution in [1.29, 1.82) is 0 Å². The third-order valence-corrected chi connectivity index (χ3v) is 6.38. The molecule has 0 spiro atoms. The first-order chi connectivity index (χ1) is 11.2. The second-order valence-corrected chi connectivity index (χ2v) is 7.86. The second kappa shape index (κ2) is 7.45. The summed E-state index contributed by atoms with van der Waals surface area (Å²) in [7, 11) is 1.59. The summed E-state index contributed by atoms with van der Waals surface area (Å²) in [5.41, 5.74) is 0.777. The third kappa shape index (κ3) is 3.75. The highest BCUT2D eigenvalue weighted by molar-refractivity contribution is 7.15. The van der Waals surface area contributed by atoms with E-state index in [0.29, 0.717) is 11.2 Å². The van der Waals surface area contributed by atoms with Crippen LogP contribution in [0.2, 0.25) is 0 Å². The molecule has 23 heavy (non-hydrogen) atoms. The number of nitrogens with zero attached hydrogens (tertiary/aromatic N) is 2. The number of amides is 1. The van der Waals surface area contributed by atoms with Crippen LogP contribution in [0.1, 0.15) is 45.9 Å². The van der Waals surface area contributed by atoms with Crippen LogP contribution in [0.15, 0.2) is 17.5 Å². The Morgan fingerprint density at radius 2 is 2.35 bits per heavy atom. The number of carbonyl (C=O) groups is 1. The molecule has 2 aromatic heterocycles.